The molecule has 0 saturated carbocycles. The van der Waals surface area contributed by atoms with Crippen molar-refractivity contribution in [1.29, 1.82) is 0 Å². The summed E-state index contributed by atoms with van der Waals surface area (Å²) in [5.41, 5.74) is 1.29. The maximum atomic E-state index is 12.4. The Labute approximate surface area is 129 Å². The van der Waals surface area contributed by atoms with Gasteiger partial charge < -0.3 is 10.2 Å². The molecule has 4 heteroatoms. The smallest absolute Gasteiger partial charge is 0.263 e. The summed E-state index contributed by atoms with van der Waals surface area (Å²) in [6, 6.07) is 14.7. The molecule has 0 bridgehead atoms. The molecular formula is C17H20N2OS. The zero-order valence-corrected chi connectivity index (χ0v) is 12.8. The van der Waals surface area contributed by atoms with Gasteiger partial charge in [-0.1, -0.05) is 36.4 Å². The Balaban J connectivity index is 1.55. The van der Waals surface area contributed by atoms with Crippen molar-refractivity contribution in [1.82, 2.24) is 10.2 Å². The van der Waals surface area contributed by atoms with Gasteiger partial charge in [-0.25, -0.2) is 0 Å². The number of likely N-dealkylation sites (tertiary alicyclic amines) is 1. The van der Waals surface area contributed by atoms with Crippen LogP contribution in [0, 0.1) is 0 Å². The molecule has 3 nitrogen and oxygen atoms in total. The maximum Gasteiger partial charge on any atom is 0.263 e. The molecule has 1 aromatic heterocycles. The van der Waals surface area contributed by atoms with Crippen molar-refractivity contribution in [3.05, 3.63) is 58.3 Å². The third-order valence-corrected chi connectivity index (χ3v) is 4.74. The normalized spacial score (nSPS) is 18.7. The molecule has 1 aliphatic heterocycles. The average Bonchev–Trinajstić information content (AvgIpc) is 3.08. The molecule has 2 aromatic rings. The van der Waals surface area contributed by atoms with Gasteiger partial charge in [0.1, 0.15) is 0 Å². The van der Waals surface area contributed by atoms with Crippen LogP contribution >= 0.6 is 11.3 Å². The summed E-state index contributed by atoms with van der Waals surface area (Å²) in [7, 11) is 0. The van der Waals surface area contributed by atoms with E-state index in [0.717, 1.165) is 37.4 Å². The second-order valence-corrected chi connectivity index (χ2v) is 6.38. The molecule has 1 aliphatic rings. The summed E-state index contributed by atoms with van der Waals surface area (Å²) in [4.78, 5) is 15.2. The van der Waals surface area contributed by atoms with Crippen LogP contribution in [0.5, 0.6) is 0 Å². The number of nitrogens with one attached hydrogen (secondary N) is 1. The van der Waals surface area contributed by atoms with Crippen LogP contribution in [0.25, 0.3) is 0 Å². The van der Waals surface area contributed by atoms with E-state index in [1.165, 1.54) is 16.9 Å². The minimum Gasteiger partial charge on any atom is -0.336 e. The SMILES string of the molecule is O=C(c1cccs1)N1CCCC(NCc2ccccc2)C1. The van der Waals surface area contributed by atoms with Gasteiger partial charge in [0.05, 0.1) is 4.88 Å². The summed E-state index contributed by atoms with van der Waals surface area (Å²) < 4.78 is 0. The summed E-state index contributed by atoms with van der Waals surface area (Å²) in [6.45, 7) is 2.55. The van der Waals surface area contributed by atoms with E-state index in [9.17, 15) is 4.79 Å². The van der Waals surface area contributed by atoms with Gasteiger partial charge in [0, 0.05) is 25.7 Å². The molecule has 1 amide bonds. The lowest BCUT2D eigenvalue weighted by Crippen LogP contribution is -2.47. The van der Waals surface area contributed by atoms with Crippen LogP contribution in [0.15, 0.2) is 47.8 Å². The predicted molar refractivity (Wildman–Crippen MR) is 86.5 cm³/mol. The topological polar surface area (TPSA) is 32.3 Å². The molecule has 3 rings (SSSR count). The molecule has 1 fully saturated rings. The summed E-state index contributed by atoms with van der Waals surface area (Å²) in [6.07, 6.45) is 2.21. The van der Waals surface area contributed by atoms with Crippen molar-refractivity contribution in [2.75, 3.05) is 13.1 Å². The Bertz CT molecular complexity index is 568. The molecule has 0 aliphatic carbocycles. The van der Waals surface area contributed by atoms with Crippen LogP contribution in [-0.4, -0.2) is 29.9 Å². The number of hydrogen-bond donors (Lipinski definition) is 1. The minimum atomic E-state index is 0.177. The number of amides is 1. The molecule has 1 unspecified atom stereocenters. The van der Waals surface area contributed by atoms with Crippen molar-refractivity contribution in [3.8, 4) is 0 Å². The zero-order chi connectivity index (χ0) is 14.5. The number of piperidine rings is 1. The summed E-state index contributed by atoms with van der Waals surface area (Å²) in [5.74, 6) is 0.177. The fourth-order valence-electron chi connectivity index (χ4n) is 2.74. The Hall–Kier alpha value is -1.65. The number of thiophene rings is 1. The highest BCUT2D eigenvalue weighted by Gasteiger charge is 2.24. The van der Waals surface area contributed by atoms with E-state index in [1.54, 1.807) is 0 Å². The molecule has 110 valence electrons. The first-order valence-electron chi connectivity index (χ1n) is 7.43. The van der Waals surface area contributed by atoms with Gasteiger partial charge >= 0.3 is 0 Å². The second kappa shape index (κ2) is 6.87. The second-order valence-electron chi connectivity index (χ2n) is 5.43. The van der Waals surface area contributed by atoms with Crippen molar-refractivity contribution < 1.29 is 4.79 Å². The number of benzene rings is 1. The Kier molecular flexibility index (Phi) is 4.68. The molecule has 21 heavy (non-hydrogen) atoms. The fourth-order valence-corrected chi connectivity index (χ4v) is 3.43. The van der Waals surface area contributed by atoms with Gasteiger partial charge in [-0.15, -0.1) is 11.3 Å². The largest absolute Gasteiger partial charge is 0.336 e. The van der Waals surface area contributed by atoms with Crippen molar-refractivity contribution in [3.63, 3.8) is 0 Å². The van der Waals surface area contributed by atoms with E-state index in [0.29, 0.717) is 6.04 Å². The molecule has 1 saturated heterocycles. The van der Waals surface area contributed by atoms with Gasteiger partial charge in [0.25, 0.3) is 5.91 Å². The van der Waals surface area contributed by atoms with Crippen LogP contribution in [0.4, 0.5) is 0 Å². The number of carbonyl (C=O) groups excluding carboxylic acids is 1. The van der Waals surface area contributed by atoms with Gasteiger partial charge in [-0.2, -0.15) is 0 Å². The van der Waals surface area contributed by atoms with Crippen LogP contribution in [0.3, 0.4) is 0 Å². The molecular weight excluding hydrogens is 280 g/mol. The number of rotatable bonds is 4. The first-order valence-corrected chi connectivity index (χ1v) is 8.31. The fraction of sp³-hybridized carbons (Fsp3) is 0.353. The quantitative estimate of drug-likeness (QED) is 0.941. The van der Waals surface area contributed by atoms with E-state index in [2.05, 4.69) is 29.6 Å². The average molecular weight is 300 g/mol. The molecule has 0 spiro atoms. The van der Waals surface area contributed by atoms with Crippen LogP contribution in [0.2, 0.25) is 0 Å². The first kappa shape index (κ1) is 14.3. The van der Waals surface area contributed by atoms with E-state index < -0.39 is 0 Å². The number of nitrogens with zero attached hydrogens (tertiary/aromatic N) is 1. The number of carbonyl (C=O) groups is 1. The van der Waals surface area contributed by atoms with Crippen molar-refractivity contribution in [2.45, 2.75) is 25.4 Å². The van der Waals surface area contributed by atoms with E-state index in [-0.39, 0.29) is 5.91 Å². The zero-order valence-electron chi connectivity index (χ0n) is 12.0. The Morgan fingerprint density at radius 1 is 1.24 bits per heavy atom. The van der Waals surface area contributed by atoms with Gasteiger partial charge in [-0.05, 0) is 29.9 Å². The lowest BCUT2D eigenvalue weighted by molar-refractivity contribution is 0.0699. The predicted octanol–water partition coefficient (Wildman–Crippen LogP) is 3.14. The van der Waals surface area contributed by atoms with E-state index >= 15 is 0 Å². The Morgan fingerprint density at radius 3 is 2.86 bits per heavy atom. The monoisotopic (exact) mass is 300 g/mol. The third-order valence-electron chi connectivity index (χ3n) is 3.88. The maximum absolute atomic E-state index is 12.4. The molecule has 2 heterocycles. The summed E-state index contributed by atoms with van der Waals surface area (Å²) >= 11 is 1.52. The van der Waals surface area contributed by atoms with Crippen LogP contribution in [0.1, 0.15) is 28.1 Å². The summed E-state index contributed by atoms with van der Waals surface area (Å²) in [5, 5.41) is 5.54. The molecule has 1 N–H and O–H groups in total. The third kappa shape index (κ3) is 3.71. The minimum absolute atomic E-state index is 0.177. The van der Waals surface area contributed by atoms with Gasteiger partial charge in [0.15, 0.2) is 0 Å². The standard InChI is InChI=1S/C17H20N2OS/c20-17(16-9-5-11-21-16)19-10-4-8-15(13-19)18-12-14-6-2-1-3-7-14/h1-3,5-7,9,11,15,18H,4,8,10,12-13H2. The first-order chi connectivity index (χ1) is 10.3. The highest BCUT2D eigenvalue weighted by atomic mass is 32.1. The lowest BCUT2D eigenvalue weighted by Gasteiger charge is -2.33. The van der Waals surface area contributed by atoms with Crippen molar-refractivity contribution >= 4 is 17.2 Å². The molecule has 0 radical (unpaired) electrons. The highest BCUT2D eigenvalue weighted by molar-refractivity contribution is 7.12. The highest BCUT2D eigenvalue weighted by Crippen LogP contribution is 2.17. The van der Waals surface area contributed by atoms with Gasteiger partial charge in [-0.3, -0.25) is 4.79 Å². The van der Waals surface area contributed by atoms with E-state index in [1.807, 2.05) is 28.5 Å². The molecule has 1 atom stereocenters. The Morgan fingerprint density at radius 2 is 2.10 bits per heavy atom. The molecule has 1 aromatic carbocycles. The van der Waals surface area contributed by atoms with E-state index in [4.69, 9.17) is 0 Å². The van der Waals surface area contributed by atoms with Crippen LogP contribution < -0.4 is 5.32 Å². The lowest BCUT2D eigenvalue weighted by atomic mass is 10.0. The number of hydrogen-bond acceptors (Lipinski definition) is 3. The van der Waals surface area contributed by atoms with Crippen LogP contribution in [-0.2, 0) is 6.54 Å². The van der Waals surface area contributed by atoms with Gasteiger partial charge in [0.2, 0.25) is 0 Å². The van der Waals surface area contributed by atoms with Crippen molar-refractivity contribution in [2.24, 2.45) is 0 Å².